The molecule has 16 heavy (non-hydrogen) atoms. The Hall–Kier alpha value is -1.00. The van der Waals surface area contributed by atoms with Crippen LogP contribution in [0.1, 0.15) is 31.9 Å². The molecular formula is C12H17F2NO. The smallest absolute Gasteiger partial charge is 0.130 e. The third-order valence-electron chi connectivity index (χ3n) is 2.45. The van der Waals surface area contributed by atoms with Crippen LogP contribution in [0.15, 0.2) is 18.2 Å². The van der Waals surface area contributed by atoms with Gasteiger partial charge in [-0.15, -0.1) is 0 Å². The Kier molecular flexibility index (Phi) is 4.38. The predicted octanol–water partition coefficient (Wildman–Crippen LogP) is 2.37. The zero-order valence-corrected chi connectivity index (χ0v) is 9.45. The van der Waals surface area contributed by atoms with Gasteiger partial charge in [-0.2, -0.15) is 0 Å². The zero-order chi connectivity index (χ0) is 12.3. The molecule has 0 amide bonds. The molecular weight excluding hydrogens is 212 g/mol. The summed E-state index contributed by atoms with van der Waals surface area (Å²) >= 11 is 0. The molecule has 0 spiro atoms. The molecule has 0 fully saturated rings. The molecule has 0 aliphatic carbocycles. The summed E-state index contributed by atoms with van der Waals surface area (Å²) < 4.78 is 26.0. The van der Waals surface area contributed by atoms with E-state index in [-0.39, 0.29) is 11.5 Å². The maximum absolute atomic E-state index is 13.4. The van der Waals surface area contributed by atoms with Crippen LogP contribution in [0.4, 0.5) is 8.78 Å². The van der Waals surface area contributed by atoms with E-state index in [4.69, 9.17) is 5.73 Å². The van der Waals surface area contributed by atoms with Crippen LogP contribution in [0.5, 0.6) is 0 Å². The van der Waals surface area contributed by atoms with E-state index in [0.29, 0.717) is 6.42 Å². The summed E-state index contributed by atoms with van der Waals surface area (Å²) in [7, 11) is 0. The molecule has 0 aromatic heterocycles. The second-order valence-electron chi connectivity index (χ2n) is 4.39. The molecule has 90 valence electrons. The minimum absolute atomic E-state index is 0.148. The predicted molar refractivity (Wildman–Crippen MR) is 58.7 cm³/mol. The van der Waals surface area contributed by atoms with Crippen molar-refractivity contribution in [2.24, 2.45) is 11.7 Å². The highest BCUT2D eigenvalue weighted by atomic mass is 19.1. The molecule has 0 aliphatic rings. The number of aliphatic hydroxyl groups excluding tert-OH is 1. The van der Waals surface area contributed by atoms with Gasteiger partial charge in [-0.05, 0) is 18.4 Å². The molecule has 0 saturated heterocycles. The molecule has 0 unspecified atom stereocenters. The Morgan fingerprint density at radius 1 is 1.31 bits per heavy atom. The maximum atomic E-state index is 13.4. The van der Waals surface area contributed by atoms with Gasteiger partial charge in [0.1, 0.15) is 11.6 Å². The quantitative estimate of drug-likeness (QED) is 0.832. The van der Waals surface area contributed by atoms with E-state index in [0.717, 1.165) is 12.1 Å². The fourth-order valence-electron chi connectivity index (χ4n) is 1.61. The van der Waals surface area contributed by atoms with Crippen molar-refractivity contribution in [3.05, 3.63) is 35.4 Å². The molecule has 1 aromatic carbocycles. The van der Waals surface area contributed by atoms with Crippen molar-refractivity contribution in [2.45, 2.75) is 32.4 Å². The maximum Gasteiger partial charge on any atom is 0.130 e. The first-order chi connectivity index (χ1) is 7.41. The lowest BCUT2D eigenvalue weighted by molar-refractivity contribution is 0.119. The van der Waals surface area contributed by atoms with Gasteiger partial charge in [0.15, 0.2) is 0 Å². The Bertz CT molecular complexity index is 355. The highest BCUT2D eigenvalue weighted by Gasteiger charge is 2.21. The van der Waals surface area contributed by atoms with E-state index >= 15 is 0 Å². The van der Waals surface area contributed by atoms with Crippen molar-refractivity contribution in [2.75, 3.05) is 0 Å². The number of benzene rings is 1. The van der Waals surface area contributed by atoms with Crippen LogP contribution in [0.3, 0.4) is 0 Å². The van der Waals surface area contributed by atoms with Crippen LogP contribution in [0.2, 0.25) is 0 Å². The molecule has 1 rings (SSSR count). The lowest BCUT2D eigenvalue weighted by Gasteiger charge is -2.21. The third kappa shape index (κ3) is 3.25. The van der Waals surface area contributed by atoms with Crippen LogP contribution < -0.4 is 5.73 Å². The fourth-order valence-corrected chi connectivity index (χ4v) is 1.61. The molecule has 0 radical (unpaired) electrons. The Labute approximate surface area is 94.1 Å². The summed E-state index contributed by atoms with van der Waals surface area (Å²) in [6, 6.07) is 2.37. The lowest BCUT2D eigenvalue weighted by Crippen LogP contribution is -2.28. The van der Waals surface area contributed by atoms with Crippen molar-refractivity contribution < 1.29 is 13.9 Å². The number of aliphatic hydroxyl groups is 1. The van der Waals surface area contributed by atoms with Crippen molar-refractivity contribution in [1.82, 2.24) is 0 Å². The van der Waals surface area contributed by atoms with Crippen LogP contribution in [0, 0.1) is 17.6 Å². The molecule has 3 N–H and O–H groups in total. The second kappa shape index (κ2) is 5.37. The van der Waals surface area contributed by atoms with Crippen molar-refractivity contribution >= 4 is 0 Å². The highest BCUT2D eigenvalue weighted by molar-refractivity contribution is 5.22. The number of hydrogen-bond acceptors (Lipinski definition) is 2. The minimum Gasteiger partial charge on any atom is -0.391 e. The third-order valence-corrected chi connectivity index (χ3v) is 2.45. The molecule has 2 nitrogen and oxygen atoms in total. The molecule has 4 heteroatoms. The first-order valence-corrected chi connectivity index (χ1v) is 5.30. The van der Waals surface area contributed by atoms with Crippen LogP contribution in [0.25, 0.3) is 0 Å². The van der Waals surface area contributed by atoms with Crippen molar-refractivity contribution in [1.29, 1.82) is 0 Å². The Morgan fingerprint density at radius 3 is 2.44 bits per heavy atom. The number of hydrogen-bond donors (Lipinski definition) is 2. The average molecular weight is 229 g/mol. The van der Waals surface area contributed by atoms with Gasteiger partial charge < -0.3 is 10.8 Å². The van der Waals surface area contributed by atoms with E-state index in [1.54, 1.807) is 0 Å². The van der Waals surface area contributed by atoms with Gasteiger partial charge in [0.2, 0.25) is 0 Å². The first kappa shape index (κ1) is 13.1. The van der Waals surface area contributed by atoms with E-state index < -0.39 is 23.8 Å². The summed E-state index contributed by atoms with van der Waals surface area (Å²) in [5, 5.41) is 9.75. The molecule has 0 saturated carbocycles. The van der Waals surface area contributed by atoms with E-state index in [9.17, 15) is 13.9 Å². The van der Waals surface area contributed by atoms with E-state index in [1.165, 1.54) is 6.07 Å². The number of rotatable bonds is 4. The lowest BCUT2D eigenvalue weighted by atomic mass is 9.95. The minimum atomic E-state index is -0.819. The first-order valence-electron chi connectivity index (χ1n) is 5.30. The van der Waals surface area contributed by atoms with Crippen LogP contribution >= 0.6 is 0 Å². The van der Waals surface area contributed by atoms with Crippen molar-refractivity contribution in [3.63, 3.8) is 0 Å². The summed E-state index contributed by atoms with van der Waals surface area (Å²) in [6.45, 7) is 3.88. The van der Waals surface area contributed by atoms with Gasteiger partial charge in [-0.1, -0.05) is 19.9 Å². The monoisotopic (exact) mass is 229 g/mol. The van der Waals surface area contributed by atoms with Crippen molar-refractivity contribution in [3.8, 4) is 0 Å². The molecule has 2 atom stereocenters. The topological polar surface area (TPSA) is 46.2 Å². The largest absolute Gasteiger partial charge is 0.391 e. The second-order valence-corrected chi connectivity index (χ2v) is 4.39. The molecule has 1 aromatic rings. The van der Waals surface area contributed by atoms with Gasteiger partial charge in [-0.25, -0.2) is 8.78 Å². The summed E-state index contributed by atoms with van der Waals surface area (Å²) in [4.78, 5) is 0. The van der Waals surface area contributed by atoms with Gasteiger partial charge in [0, 0.05) is 11.6 Å². The zero-order valence-electron chi connectivity index (χ0n) is 9.45. The number of halogens is 2. The Morgan fingerprint density at radius 2 is 1.94 bits per heavy atom. The highest BCUT2D eigenvalue weighted by Crippen LogP contribution is 2.22. The molecule has 0 heterocycles. The average Bonchev–Trinajstić information content (AvgIpc) is 2.15. The van der Waals surface area contributed by atoms with Crippen LogP contribution in [-0.2, 0) is 0 Å². The summed E-state index contributed by atoms with van der Waals surface area (Å²) in [5.74, 6) is -1.09. The van der Waals surface area contributed by atoms with Gasteiger partial charge in [0.25, 0.3) is 0 Å². The van der Waals surface area contributed by atoms with E-state index in [1.807, 2.05) is 13.8 Å². The van der Waals surface area contributed by atoms with Gasteiger partial charge in [0.05, 0.1) is 12.1 Å². The molecule has 0 aliphatic heterocycles. The van der Waals surface area contributed by atoms with Gasteiger partial charge >= 0.3 is 0 Å². The fraction of sp³-hybridized carbons (Fsp3) is 0.500. The van der Waals surface area contributed by atoms with Crippen LogP contribution in [-0.4, -0.2) is 11.2 Å². The summed E-state index contributed by atoms with van der Waals surface area (Å²) in [5.41, 5.74) is 5.87. The Balaban J connectivity index is 2.83. The summed E-state index contributed by atoms with van der Waals surface area (Å²) in [6.07, 6.45) is -0.335. The van der Waals surface area contributed by atoms with E-state index in [2.05, 4.69) is 0 Å². The SMILES string of the molecule is CC(C)C[C@H](O)[C@H](N)c1ccc(F)cc1F. The molecule has 0 bridgehead atoms. The number of nitrogens with two attached hydrogens (primary N) is 1. The standard InChI is InChI=1S/C12H17F2NO/c1-7(2)5-11(16)12(15)9-4-3-8(13)6-10(9)14/h3-4,6-7,11-12,16H,5,15H2,1-2H3/t11-,12+/m0/s1. The van der Waals surface area contributed by atoms with Gasteiger partial charge in [-0.3, -0.25) is 0 Å². The normalized spacial score (nSPS) is 15.2.